The Hall–Kier alpha value is -1.18. The van der Waals surface area contributed by atoms with Gasteiger partial charge in [0.05, 0.1) is 11.1 Å². The maximum Gasteiger partial charge on any atom is 0.257 e. The fraction of sp³-hybridized carbons (Fsp3) is 0. The fourth-order valence-corrected chi connectivity index (χ4v) is 3.46. The van der Waals surface area contributed by atoms with Gasteiger partial charge in [-0.15, -0.1) is 11.3 Å². The second-order valence-electron chi connectivity index (χ2n) is 3.61. The summed E-state index contributed by atoms with van der Waals surface area (Å²) in [5, 5.41) is 4.83. The van der Waals surface area contributed by atoms with Crippen LogP contribution in [-0.4, -0.2) is 11.8 Å². The van der Waals surface area contributed by atoms with Gasteiger partial charge in [-0.05, 0) is 45.6 Å². The molecule has 19 heavy (non-hydrogen) atoms. The zero-order chi connectivity index (χ0) is 14.0. The molecule has 3 N–H and O–H groups in total. The lowest BCUT2D eigenvalue weighted by Crippen LogP contribution is -2.16. The smallest absolute Gasteiger partial charge is 0.257 e. The number of rotatable bonds is 3. The van der Waals surface area contributed by atoms with Crippen LogP contribution in [0.1, 0.15) is 20.7 Å². The van der Waals surface area contributed by atoms with Gasteiger partial charge in [0, 0.05) is 8.95 Å². The molecule has 0 aliphatic rings. The van der Waals surface area contributed by atoms with Gasteiger partial charge in [-0.1, -0.05) is 15.9 Å². The molecular formula is C12H8Br2N2O2S. The van der Waals surface area contributed by atoms with Crippen LogP contribution in [0.5, 0.6) is 0 Å². The molecular weight excluding hydrogens is 396 g/mol. The number of nitrogens with two attached hydrogens (primary N) is 1. The van der Waals surface area contributed by atoms with E-state index in [2.05, 4.69) is 37.2 Å². The second-order valence-corrected chi connectivity index (χ2v) is 6.29. The zero-order valence-corrected chi connectivity index (χ0v) is 13.4. The van der Waals surface area contributed by atoms with Gasteiger partial charge in [0.2, 0.25) is 0 Å². The van der Waals surface area contributed by atoms with Crippen molar-refractivity contribution in [1.29, 1.82) is 0 Å². The lowest BCUT2D eigenvalue weighted by atomic mass is 10.2. The summed E-state index contributed by atoms with van der Waals surface area (Å²) in [7, 11) is 0. The van der Waals surface area contributed by atoms with Crippen molar-refractivity contribution in [1.82, 2.24) is 0 Å². The highest BCUT2D eigenvalue weighted by molar-refractivity contribution is 9.11. The third-order valence-electron chi connectivity index (χ3n) is 2.33. The third kappa shape index (κ3) is 3.23. The quantitative estimate of drug-likeness (QED) is 0.821. The summed E-state index contributed by atoms with van der Waals surface area (Å²) < 4.78 is 1.53. The van der Waals surface area contributed by atoms with Crippen LogP contribution in [-0.2, 0) is 0 Å². The largest absolute Gasteiger partial charge is 0.366 e. The molecule has 0 saturated heterocycles. The van der Waals surface area contributed by atoms with Gasteiger partial charge in [0.1, 0.15) is 5.00 Å². The van der Waals surface area contributed by atoms with Gasteiger partial charge in [-0.25, -0.2) is 0 Å². The van der Waals surface area contributed by atoms with E-state index in [1.165, 1.54) is 11.3 Å². The number of primary amides is 1. The van der Waals surface area contributed by atoms with Crippen molar-refractivity contribution in [2.45, 2.75) is 0 Å². The molecule has 0 saturated carbocycles. The number of halogens is 2. The lowest BCUT2D eigenvalue weighted by Gasteiger charge is -2.06. The van der Waals surface area contributed by atoms with Crippen LogP contribution >= 0.6 is 43.2 Å². The number of thiophene rings is 1. The highest BCUT2D eigenvalue weighted by Gasteiger charge is 2.15. The van der Waals surface area contributed by atoms with E-state index in [1.54, 1.807) is 29.6 Å². The average molecular weight is 404 g/mol. The SMILES string of the molecule is NC(=O)c1ccsc1NC(=O)c1ccc(Br)cc1Br. The standard InChI is InChI=1S/C12H8Br2N2O2S/c13-6-1-2-7(9(14)5-6)11(18)16-12-8(10(15)17)3-4-19-12/h1-5H,(H2,15,17)(H,16,18). The molecule has 0 bridgehead atoms. The van der Waals surface area contributed by atoms with Gasteiger partial charge in [0.25, 0.3) is 11.8 Å². The van der Waals surface area contributed by atoms with Crippen LogP contribution in [0.3, 0.4) is 0 Å². The van der Waals surface area contributed by atoms with E-state index in [1.807, 2.05) is 0 Å². The Morgan fingerprint density at radius 3 is 2.53 bits per heavy atom. The van der Waals surface area contributed by atoms with Gasteiger partial charge >= 0.3 is 0 Å². The molecule has 0 spiro atoms. The van der Waals surface area contributed by atoms with Crippen LogP contribution in [0.25, 0.3) is 0 Å². The molecule has 98 valence electrons. The first kappa shape index (κ1) is 14.2. The number of hydrogen-bond acceptors (Lipinski definition) is 3. The lowest BCUT2D eigenvalue weighted by molar-refractivity contribution is 0.100. The number of carbonyl (C=O) groups excluding carboxylic acids is 2. The number of carbonyl (C=O) groups is 2. The van der Waals surface area contributed by atoms with Gasteiger partial charge in [-0.3, -0.25) is 9.59 Å². The molecule has 0 atom stereocenters. The van der Waals surface area contributed by atoms with E-state index in [0.29, 0.717) is 20.6 Å². The molecule has 0 fully saturated rings. The van der Waals surface area contributed by atoms with Gasteiger partial charge < -0.3 is 11.1 Å². The Balaban J connectivity index is 2.26. The van der Waals surface area contributed by atoms with Crippen LogP contribution in [0.4, 0.5) is 5.00 Å². The van der Waals surface area contributed by atoms with E-state index in [-0.39, 0.29) is 5.91 Å². The van der Waals surface area contributed by atoms with Gasteiger partial charge in [0.15, 0.2) is 0 Å². The molecule has 4 nitrogen and oxygen atoms in total. The normalized spacial score (nSPS) is 10.2. The first-order chi connectivity index (χ1) is 8.99. The molecule has 0 unspecified atom stereocenters. The van der Waals surface area contributed by atoms with Crippen LogP contribution in [0.2, 0.25) is 0 Å². The molecule has 1 aromatic carbocycles. The maximum atomic E-state index is 12.1. The Morgan fingerprint density at radius 2 is 1.89 bits per heavy atom. The predicted molar refractivity (Wildman–Crippen MR) is 82.6 cm³/mol. The summed E-state index contributed by atoms with van der Waals surface area (Å²) in [6.07, 6.45) is 0. The summed E-state index contributed by atoms with van der Waals surface area (Å²) in [6.45, 7) is 0. The molecule has 1 heterocycles. The first-order valence-corrected chi connectivity index (χ1v) is 7.59. The number of anilines is 1. The minimum absolute atomic E-state index is 0.302. The monoisotopic (exact) mass is 402 g/mol. The molecule has 0 radical (unpaired) electrons. The number of hydrogen-bond donors (Lipinski definition) is 2. The molecule has 1 aromatic heterocycles. The summed E-state index contributed by atoms with van der Waals surface area (Å²) in [4.78, 5) is 23.3. The first-order valence-electron chi connectivity index (χ1n) is 5.12. The fourth-order valence-electron chi connectivity index (χ4n) is 1.44. The van der Waals surface area contributed by atoms with E-state index < -0.39 is 5.91 Å². The molecule has 2 aromatic rings. The van der Waals surface area contributed by atoms with Crippen molar-refractivity contribution in [3.8, 4) is 0 Å². The Kier molecular flexibility index (Phi) is 4.38. The van der Waals surface area contributed by atoms with Crippen molar-refractivity contribution in [2.75, 3.05) is 5.32 Å². The van der Waals surface area contributed by atoms with Crippen LogP contribution in [0.15, 0.2) is 38.6 Å². The summed E-state index contributed by atoms with van der Waals surface area (Å²) in [6, 6.07) is 6.81. The van der Waals surface area contributed by atoms with Crippen LogP contribution in [0, 0.1) is 0 Å². The highest BCUT2D eigenvalue weighted by atomic mass is 79.9. The van der Waals surface area contributed by atoms with Crippen molar-refractivity contribution in [3.05, 3.63) is 49.7 Å². The van der Waals surface area contributed by atoms with Crippen molar-refractivity contribution < 1.29 is 9.59 Å². The Bertz CT molecular complexity index is 655. The van der Waals surface area contributed by atoms with E-state index >= 15 is 0 Å². The van der Waals surface area contributed by atoms with E-state index in [4.69, 9.17) is 5.73 Å². The summed E-state index contributed by atoms with van der Waals surface area (Å²) in [5.74, 6) is -0.865. The molecule has 2 amide bonds. The molecule has 0 aliphatic heterocycles. The van der Waals surface area contributed by atoms with Crippen molar-refractivity contribution in [3.63, 3.8) is 0 Å². The van der Waals surface area contributed by atoms with Gasteiger partial charge in [-0.2, -0.15) is 0 Å². The molecule has 0 aliphatic carbocycles. The number of benzene rings is 1. The minimum atomic E-state index is -0.563. The average Bonchev–Trinajstić information content (AvgIpc) is 2.76. The summed E-state index contributed by atoms with van der Waals surface area (Å²) >= 11 is 7.89. The Labute approximate surface area is 130 Å². The van der Waals surface area contributed by atoms with Crippen molar-refractivity contribution in [2.24, 2.45) is 5.73 Å². The zero-order valence-electron chi connectivity index (χ0n) is 9.44. The highest BCUT2D eigenvalue weighted by Crippen LogP contribution is 2.26. The topological polar surface area (TPSA) is 72.2 Å². The van der Waals surface area contributed by atoms with E-state index in [9.17, 15) is 9.59 Å². The molecule has 7 heteroatoms. The van der Waals surface area contributed by atoms with Crippen LogP contribution < -0.4 is 11.1 Å². The summed E-state index contributed by atoms with van der Waals surface area (Å²) in [5.41, 5.74) is 6.01. The molecule has 2 rings (SSSR count). The minimum Gasteiger partial charge on any atom is -0.366 e. The van der Waals surface area contributed by atoms with E-state index in [0.717, 1.165) is 4.47 Å². The number of amides is 2. The number of nitrogens with one attached hydrogen (secondary N) is 1. The maximum absolute atomic E-state index is 12.1. The van der Waals surface area contributed by atoms with Crippen molar-refractivity contribution >= 4 is 60.0 Å². The second kappa shape index (κ2) is 5.85. The third-order valence-corrected chi connectivity index (χ3v) is 4.31. The Morgan fingerprint density at radius 1 is 1.16 bits per heavy atom. The predicted octanol–water partition coefficient (Wildman–Crippen LogP) is 3.62.